The van der Waals surface area contributed by atoms with Crippen LogP contribution in [0.1, 0.15) is 28.7 Å². The van der Waals surface area contributed by atoms with Gasteiger partial charge in [-0.15, -0.1) is 0 Å². The van der Waals surface area contributed by atoms with Crippen LogP contribution in [0, 0.1) is 0 Å². The van der Waals surface area contributed by atoms with E-state index in [0.717, 1.165) is 7.11 Å². The van der Waals surface area contributed by atoms with E-state index in [-0.39, 0.29) is 14.9 Å². The summed E-state index contributed by atoms with van der Waals surface area (Å²) >= 11 is 0. The molecule has 0 spiro atoms. The minimum Gasteiger partial charge on any atom is -0.400 e. The molecule has 0 aliphatic rings. The summed E-state index contributed by atoms with van der Waals surface area (Å²) in [6.07, 6.45) is 0. The van der Waals surface area contributed by atoms with Crippen LogP contribution in [0.5, 0.6) is 0 Å². The molecule has 0 amide bonds. The van der Waals surface area contributed by atoms with E-state index in [1.165, 1.54) is 0 Å². The largest absolute Gasteiger partial charge is 0.400 e. The van der Waals surface area contributed by atoms with Crippen molar-refractivity contribution in [2.45, 2.75) is 28.7 Å². The van der Waals surface area contributed by atoms with Crippen molar-refractivity contribution in [1.82, 2.24) is 0 Å². The van der Waals surface area contributed by atoms with Gasteiger partial charge >= 0.3 is 0 Å². The lowest BCUT2D eigenvalue weighted by molar-refractivity contribution is 0.277. The van der Waals surface area contributed by atoms with Gasteiger partial charge in [0.25, 0.3) is 0 Å². The van der Waals surface area contributed by atoms with E-state index in [0.29, 0.717) is 0 Å². The summed E-state index contributed by atoms with van der Waals surface area (Å²) in [5, 5.41) is 7.00. The van der Waals surface area contributed by atoms with Crippen LogP contribution in [0.2, 0.25) is 0 Å². The molecule has 0 aromatic rings. The van der Waals surface area contributed by atoms with Crippen LogP contribution in [0.25, 0.3) is 0 Å². The summed E-state index contributed by atoms with van der Waals surface area (Å²) in [7, 11) is 4.25. The normalized spacial score (nSPS) is 3.33. The van der Waals surface area contributed by atoms with Crippen molar-refractivity contribution in [2.75, 3.05) is 21.3 Å². The van der Waals surface area contributed by atoms with Crippen LogP contribution < -0.4 is 0 Å². The second-order valence-corrected chi connectivity index (χ2v) is 0.408. The van der Waals surface area contributed by atoms with Crippen LogP contribution in [-0.4, -0.2) is 26.4 Å². The lowest BCUT2D eigenvalue weighted by Crippen LogP contribution is -1.55. The van der Waals surface area contributed by atoms with E-state index in [4.69, 9.17) is 5.11 Å². The third kappa shape index (κ3) is 43400. The molecular weight excluding hydrogens is 116 g/mol. The average Bonchev–Trinajstić information content (AvgIpc) is 1.78. The van der Waals surface area contributed by atoms with E-state index < -0.39 is 0 Å². The van der Waals surface area contributed by atoms with Gasteiger partial charge in [0, 0.05) is 21.3 Å². The standard InChI is InChI=1S/C2H6O.C2H6.CH4O.2CH4/c1-3-2;2*1-2;;/h1-2H3;1-2H3;2H,1H3;2*1H4. The number of hydrogen-bond donors (Lipinski definition) is 1. The third-order valence-corrected chi connectivity index (χ3v) is 0. The van der Waals surface area contributed by atoms with Crippen molar-refractivity contribution < 1.29 is 9.84 Å². The topological polar surface area (TPSA) is 29.5 Å². The van der Waals surface area contributed by atoms with Gasteiger partial charge in [-0.05, 0) is 0 Å². The first-order chi connectivity index (χ1) is 3.41. The maximum absolute atomic E-state index is 7.00. The van der Waals surface area contributed by atoms with Crippen molar-refractivity contribution in [2.24, 2.45) is 0 Å². The smallest absolute Gasteiger partial charge is 0.0351 e. The maximum Gasteiger partial charge on any atom is 0.0351 e. The number of aliphatic hydroxyl groups is 1. The predicted octanol–water partition coefficient (Wildman–Crippen LogP) is 2.17. The SMILES string of the molecule is C.C.CC.CO.COC. The minimum atomic E-state index is 0. The fourth-order valence-electron chi connectivity index (χ4n) is 0. The summed E-state index contributed by atoms with van der Waals surface area (Å²) < 4.78 is 4.25. The fourth-order valence-corrected chi connectivity index (χ4v) is 0. The van der Waals surface area contributed by atoms with Gasteiger partial charge < -0.3 is 9.84 Å². The van der Waals surface area contributed by atoms with E-state index in [2.05, 4.69) is 4.74 Å². The minimum absolute atomic E-state index is 0. The van der Waals surface area contributed by atoms with Crippen molar-refractivity contribution in [1.29, 1.82) is 0 Å². The molecule has 9 heavy (non-hydrogen) atoms. The summed E-state index contributed by atoms with van der Waals surface area (Å²) in [6, 6.07) is 0. The summed E-state index contributed by atoms with van der Waals surface area (Å²) in [4.78, 5) is 0. The van der Waals surface area contributed by atoms with E-state index >= 15 is 0 Å². The van der Waals surface area contributed by atoms with E-state index in [1.54, 1.807) is 14.2 Å². The molecule has 0 aromatic carbocycles. The Morgan fingerprint density at radius 3 is 0.889 bits per heavy atom. The Morgan fingerprint density at radius 1 is 0.889 bits per heavy atom. The van der Waals surface area contributed by atoms with Gasteiger partial charge in [0.1, 0.15) is 0 Å². The number of hydrogen-bond acceptors (Lipinski definition) is 2. The molecule has 0 saturated heterocycles. The summed E-state index contributed by atoms with van der Waals surface area (Å²) in [6.45, 7) is 4.00. The molecule has 2 heteroatoms. The fraction of sp³-hybridized carbons (Fsp3) is 1.00. The first-order valence-corrected chi connectivity index (χ1v) is 2.26. The molecule has 0 aliphatic heterocycles. The molecule has 0 aliphatic carbocycles. The Bertz CT molecular complexity index is 6.88. The van der Waals surface area contributed by atoms with Crippen LogP contribution in [0.3, 0.4) is 0 Å². The van der Waals surface area contributed by atoms with Crippen molar-refractivity contribution in [3.05, 3.63) is 0 Å². The second kappa shape index (κ2) is 448. The monoisotopic (exact) mass is 140 g/mol. The van der Waals surface area contributed by atoms with Gasteiger partial charge in [-0.3, -0.25) is 0 Å². The van der Waals surface area contributed by atoms with Crippen LogP contribution in [0.4, 0.5) is 0 Å². The molecule has 0 radical (unpaired) electrons. The first kappa shape index (κ1) is 36.4. The Morgan fingerprint density at radius 2 is 0.889 bits per heavy atom. The number of methoxy groups -OCH3 is 1. The van der Waals surface area contributed by atoms with Gasteiger partial charge in [0.05, 0.1) is 0 Å². The molecule has 0 unspecified atom stereocenters. The van der Waals surface area contributed by atoms with E-state index in [9.17, 15) is 0 Å². The van der Waals surface area contributed by atoms with Crippen LogP contribution in [0.15, 0.2) is 0 Å². The first-order valence-electron chi connectivity index (χ1n) is 2.26. The number of aliphatic hydroxyl groups excluding tert-OH is 1. The molecular formula is C7H24O2. The van der Waals surface area contributed by atoms with Crippen molar-refractivity contribution in [3.63, 3.8) is 0 Å². The lowest BCUT2D eigenvalue weighted by Gasteiger charge is -1.61. The molecule has 0 fully saturated rings. The zero-order valence-corrected chi connectivity index (χ0v) is 5.86. The molecule has 0 heterocycles. The van der Waals surface area contributed by atoms with Crippen LogP contribution >= 0.6 is 0 Å². The highest BCUT2D eigenvalue weighted by molar-refractivity contribution is 3.56. The summed E-state index contributed by atoms with van der Waals surface area (Å²) in [5.74, 6) is 0. The molecule has 0 saturated carbocycles. The van der Waals surface area contributed by atoms with Gasteiger partial charge in [0.2, 0.25) is 0 Å². The van der Waals surface area contributed by atoms with Gasteiger partial charge in [-0.1, -0.05) is 28.7 Å². The highest BCUT2D eigenvalue weighted by Gasteiger charge is 1.25. The van der Waals surface area contributed by atoms with Gasteiger partial charge in [0.15, 0.2) is 0 Å². The van der Waals surface area contributed by atoms with Gasteiger partial charge in [-0.2, -0.15) is 0 Å². The van der Waals surface area contributed by atoms with Gasteiger partial charge in [-0.25, -0.2) is 0 Å². The average molecular weight is 140 g/mol. The zero-order chi connectivity index (χ0) is 6.71. The Kier molecular flexibility index (Phi) is 1810. The maximum atomic E-state index is 7.00. The predicted molar refractivity (Wildman–Crippen MR) is 45.9 cm³/mol. The second-order valence-electron chi connectivity index (χ2n) is 0.408. The quantitative estimate of drug-likeness (QED) is 0.559. The third-order valence-electron chi connectivity index (χ3n) is 0. The van der Waals surface area contributed by atoms with Crippen molar-refractivity contribution in [3.8, 4) is 0 Å². The number of ether oxygens (including phenoxy) is 1. The summed E-state index contributed by atoms with van der Waals surface area (Å²) in [5.41, 5.74) is 0. The molecule has 64 valence electrons. The Labute approximate surface area is 60.9 Å². The molecule has 0 bridgehead atoms. The van der Waals surface area contributed by atoms with Crippen LogP contribution in [-0.2, 0) is 4.74 Å². The molecule has 1 N–H and O–H groups in total. The van der Waals surface area contributed by atoms with E-state index in [1.807, 2.05) is 13.8 Å². The molecule has 0 atom stereocenters. The zero-order valence-electron chi connectivity index (χ0n) is 5.86. The lowest BCUT2D eigenvalue weighted by atomic mass is 11.0. The molecule has 0 aromatic heterocycles. The molecule has 2 nitrogen and oxygen atoms in total. The Hall–Kier alpha value is -0.0800. The highest BCUT2D eigenvalue weighted by atomic mass is 16.4. The number of rotatable bonds is 0. The van der Waals surface area contributed by atoms with Crippen molar-refractivity contribution >= 4 is 0 Å². The Balaban J connectivity index is -0.00000000825. The molecule has 0 rings (SSSR count). The highest BCUT2D eigenvalue weighted by Crippen LogP contribution is 1.28.